The summed E-state index contributed by atoms with van der Waals surface area (Å²) < 4.78 is 0. The number of rotatable bonds is 4. The highest BCUT2D eigenvalue weighted by atomic mass is 15.2. The third-order valence-corrected chi connectivity index (χ3v) is 2.68. The maximum Gasteiger partial charge on any atom is 0.226 e. The molecule has 0 spiro atoms. The smallest absolute Gasteiger partial charge is 0.226 e. The molecule has 0 amide bonds. The van der Waals surface area contributed by atoms with Crippen LogP contribution in [0.1, 0.15) is 17.0 Å². The second-order valence-electron chi connectivity index (χ2n) is 4.75. The van der Waals surface area contributed by atoms with Crippen LogP contribution in [0.4, 0.5) is 11.8 Å². The van der Waals surface area contributed by atoms with Crippen LogP contribution in [0.5, 0.6) is 0 Å². The quantitative estimate of drug-likeness (QED) is 0.909. The van der Waals surface area contributed by atoms with Crippen molar-refractivity contribution in [1.29, 1.82) is 0 Å². The lowest BCUT2D eigenvalue weighted by Gasteiger charge is -2.13. The number of anilines is 2. The van der Waals surface area contributed by atoms with E-state index in [9.17, 15) is 0 Å². The van der Waals surface area contributed by atoms with Gasteiger partial charge in [0.1, 0.15) is 5.82 Å². The fourth-order valence-electron chi connectivity index (χ4n) is 1.75. The Kier molecular flexibility index (Phi) is 3.94. The van der Waals surface area contributed by atoms with Crippen LogP contribution in [0, 0.1) is 13.8 Å². The van der Waals surface area contributed by atoms with Gasteiger partial charge < -0.3 is 10.2 Å². The lowest BCUT2D eigenvalue weighted by atomic mass is 10.2. The molecule has 0 aliphatic carbocycles. The average molecular weight is 257 g/mol. The summed E-state index contributed by atoms with van der Waals surface area (Å²) >= 11 is 0. The molecule has 1 N–H and O–H groups in total. The summed E-state index contributed by atoms with van der Waals surface area (Å²) in [5.41, 5.74) is 3.16. The Morgan fingerprint density at radius 3 is 2.58 bits per heavy atom. The molecular weight excluding hydrogens is 238 g/mol. The predicted molar refractivity (Wildman–Crippen MR) is 77.4 cm³/mol. The van der Waals surface area contributed by atoms with Gasteiger partial charge in [0, 0.05) is 44.3 Å². The second-order valence-corrected chi connectivity index (χ2v) is 4.75. The minimum atomic E-state index is 0.716. The van der Waals surface area contributed by atoms with Crippen LogP contribution in [0.25, 0.3) is 0 Å². The maximum atomic E-state index is 4.46. The van der Waals surface area contributed by atoms with Crippen LogP contribution < -0.4 is 10.2 Å². The van der Waals surface area contributed by atoms with E-state index in [1.807, 2.05) is 51.2 Å². The van der Waals surface area contributed by atoms with Crippen LogP contribution in [0.2, 0.25) is 0 Å². The lowest BCUT2D eigenvalue weighted by Crippen LogP contribution is -2.14. The Balaban J connectivity index is 2.11. The van der Waals surface area contributed by atoms with Gasteiger partial charge in [-0.1, -0.05) is 0 Å². The first-order valence-corrected chi connectivity index (χ1v) is 6.23. The molecule has 0 aliphatic rings. The number of hydrogen-bond acceptors (Lipinski definition) is 5. The van der Waals surface area contributed by atoms with Gasteiger partial charge in [-0.05, 0) is 31.5 Å². The van der Waals surface area contributed by atoms with Crippen LogP contribution in [-0.2, 0) is 6.54 Å². The number of pyridine rings is 1. The summed E-state index contributed by atoms with van der Waals surface area (Å²) in [5.74, 6) is 1.55. The van der Waals surface area contributed by atoms with E-state index in [2.05, 4.69) is 26.3 Å². The second kappa shape index (κ2) is 5.65. The van der Waals surface area contributed by atoms with Gasteiger partial charge in [-0.2, -0.15) is 4.98 Å². The highest BCUT2D eigenvalue weighted by molar-refractivity contribution is 5.43. The van der Waals surface area contributed by atoms with Gasteiger partial charge in [-0.25, -0.2) is 4.98 Å². The van der Waals surface area contributed by atoms with Crippen LogP contribution in [-0.4, -0.2) is 29.0 Å². The molecule has 0 saturated heterocycles. The highest BCUT2D eigenvalue weighted by Crippen LogP contribution is 2.12. The normalized spacial score (nSPS) is 10.3. The maximum absolute atomic E-state index is 4.46. The molecule has 0 fully saturated rings. The molecule has 2 aromatic rings. The minimum absolute atomic E-state index is 0.716. The summed E-state index contributed by atoms with van der Waals surface area (Å²) in [7, 11) is 3.87. The first kappa shape index (κ1) is 13.3. The van der Waals surface area contributed by atoms with Gasteiger partial charge in [-0.3, -0.25) is 4.98 Å². The fourth-order valence-corrected chi connectivity index (χ4v) is 1.75. The molecule has 0 saturated carbocycles. The van der Waals surface area contributed by atoms with Gasteiger partial charge in [0.25, 0.3) is 0 Å². The molecule has 0 aliphatic heterocycles. The molecule has 0 radical (unpaired) electrons. The topological polar surface area (TPSA) is 53.9 Å². The molecule has 2 rings (SSSR count). The number of aryl methyl sites for hydroxylation is 2. The summed E-state index contributed by atoms with van der Waals surface area (Å²) in [4.78, 5) is 14.9. The summed E-state index contributed by atoms with van der Waals surface area (Å²) in [5, 5.41) is 3.32. The van der Waals surface area contributed by atoms with Crippen molar-refractivity contribution in [1.82, 2.24) is 15.0 Å². The Bertz CT molecular complexity index is 566. The SMILES string of the molecule is Cc1cc(CNc2cc(C)nc(N(C)C)n2)ccn1. The predicted octanol–water partition coefficient (Wildman–Crippen LogP) is 2.17. The Hall–Kier alpha value is -2.17. The standard InChI is InChI=1S/C14H19N5/c1-10-7-12(5-6-15-10)9-16-13-8-11(2)17-14(18-13)19(3)4/h5-8H,9H2,1-4H3,(H,16,17,18). The van der Waals surface area contributed by atoms with Gasteiger partial charge in [0.15, 0.2) is 0 Å². The molecule has 2 aromatic heterocycles. The van der Waals surface area contributed by atoms with Crippen LogP contribution in [0.15, 0.2) is 24.4 Å². The van der Waals surface area contributed by atoms with Crippen molar-refractivity contribution in [2.75, 3.05) is 24.3 Å². The fraction of sp³-hybridized carbons (Fsp3) is 0.357. The molecule has 0 unspecified atom stereocenters. The summed E-state index contributed by atoms with van der Waals surface area (Å²) in [6.07, 6.45) is 1.82. The van der Waals surface area contributed by atoms with Gasteiger partial charge in [0.2, 0.25) is 5.95 Å². The molecule has 0 atom stereocenters. The molecule has 2 heterocycles. The van der Waals surface area contributed by atoms with Crippen molar-refractivity contribution in [3.63, 3.8) is 0 Å². The number of hydrogen-bond donors (Lipinski definition) is 1. The van der Waals surface area contributed by atoms with E-state index in [0.717, 1.165) is 23.8 Å². The van der Waals surface area contributed by atoms with E-state index in [4.69, 9.17) is 0 Å². The van der Waals surface area contributed by atoms with Crippen molar-refractivity contribution in [3.05, 3.63) is 41.3 Å². The Morgan fingerprint density at radius 1 is 1.11 bits per heavy atom. The van der Waals surface area contributed by atoms with E-state index in [1.54, 1.807) is 0 Å². The molecule has 100 valence electrons. The molecule has 5 heteroatoms. The summed E-state index contributed by atoms with van der Waals surface area (Å²) in [6, 6.07) is 6.01. The Morgan fingerprint density at radius 2 is 1.89 bits per heavy atom. The monoisotopic (exact) mass is 257 g/mol. The third-order valence-electron chi connectivity index (χ3n) is 2.68. The first-order valence-electron chi connectivity index (χ1n) is 6.23. The number of nitrogens with one attached hydrogen (secondary N) is 1. The average Bonchev–Trinajstić information content (AvgIpc) is 2.36. The molecule has 19 heavy (non-hydrogen) atoms. The highest BCUT2D eigenvalue weighted by Gasteiger charge is 2.04. The van der Waals surface area contributed by atoms with E-state index in [-0.39, 0.29) is 0 Å². The van der Waals surface area contributed by atoms with Gasteiger partial charge >= 0.3 is 0 Å². The zero-order valence-corrected chi connectivity index (χ0v) is 11.8. The molecule has 0 bridgehead atoms. The van der Waals surface area contributed by atoms with Crippen molar-refractivity contribution >= 4 is 11.8 Å². The van der Waals surface area contributed by atoms with Gasteiger partial charge in [-0.15, -0.1) is 0 Å². The molecule has 0 aromatic carbocycles. The Labute approximate surface area is 113 Å². The third kappa shape index (κ3) is 3.64. The van der Waals surface area contributed by atoms with Crippen molar-refractivity contribution in [2.24, 2.45) is 0 Å². The zero-order valence-electron chi connectivity index (χ0n) is 11.8. The van der Waals surface area contributed by atoms with E-state index in [0.29, 0.717) is 5.95 Å². The number of aromatic nitrogens is 3. The van der Waals surface area contributed by atoms with Crippen molar-refractivity contribution < 1.29 is 0 Å². The van der Waals surface area contributed by atoms with Crippen LogP contribution in [0.3, 0.4) is 0 Å². The largest absolute Gasteiger partial charge is 0.366 e. The van der Waals surface area contributed by atoms with Crippen LogP contribution >= 0.6 is 0 Å². The molecule has 5 nitrogen and oxygen atoms in total. The lowest BCUT2D eigenvalue weighted by molar-refractivity contribution is 0.967. The van der Waals surface area contributed by atoms with Gasteiger partial charge in [0.05, 0.1) is 0 Å². The molecular formula is C14H19N5. The zero-order chi connectivity index (χ0) is 13.8. The van der Waals surface area contributed by atoms with E-state index >= 15 is 0 Å². The van der Waals surface area contributed by atoms with Crippen molar-refractivity contribution in [3.8, 4) is 0 Å². The van der Waals surface area contributed by atoms with E-state index in [1.165, 1.54) is 5.56 Å². The van der Waals surface area contributed by atoms with Crippen molar-refractivity contribution in [2.45, 2.75) is 20.4 Å². The summed E-state index contributed by atoms with van der Waals surface area (Å²) in [6.45, 7) is 4.69. The number of nitrogens with zero attached hydrogens (tertiary/aromatic N) is 4. The minimum Gasteiger partial charge on any atom is -0.366 e. The first-order chi connectivity index (χ1) is 9.04. The van der Waals surface area contributed by atoms with E-state index < -0.39 is 0 Å².